The predicted octanol–water partition coefficient (Wildman–Crippen LogP) is 2.48. The number of aromatic amines is 1. The second-order valence-electron chi connectivity index (χ2n) is 7.58. The van der Waals surface area contributed by atoms with Crippen LogP contribution in [0.1, 0.15) is 70.8 Å². The summed E-state index contributed by atoms with van der Waals surface area (Å²) in [6.07, 6.45) is 3.94. The Morgan fingerprint density at radius 2 is 2.07 bits per heavy atom. The highest BCUT2D eigenvalue weighted by atomic mass is 16.5. The first-order chi connectivity index (χ1) is 13.0. The van der Waals surface area contributed by atoms with Gasteiger partial charge in [0.25, 0.3) is 11.5 Å². The van der Waals surface area contributed by atoms with Crippen LogP contribution in [0.5, 0.6) is 0 Å². The average molecular weight is 367 g/mol. The van der Waals surface area contributed by atoms with Gasteiger partial charge in [0, 0.05) is 35.9 Å². The van der Waals surface area contributed by atoms with Gasteiger partial charge in [-0.3, -0.25) is 14.7 Å². The van der Waals surface area contributed by atoms with Gasteiger partial charge in [0.05, 0.1) is 11.7 Å². The third-order valence-corrected chi connectivity index (χ3v) is 5.70. The van der Waals surface area contributed by atoms with E-state index >= 15 is 0 Å². The zero-order valence-corrected chi connectivity index (χ0v) is 15.4. The lowest BCUT2D eigenvalue weighted by Crippen LogP contribution is -2.31. The molecule has 0 aromatic carbocycles. The molecule has 140 valence electrons. The van der Waals surface area contributed by atoms with E-state index < -0.39 is 0 Å². The Labute approximate surface area is 155 Å². The largest absolute Gasteiger partial charge is 0.360 e. The second-order valence-corrected chi connectivity index (χ2v) is 7.58. The molecule has 1 saturated carbocycles. The number of likely N-dealkylation sites (tertiary alicyclic amines) is 1. The van der Waals surface area contributed by atoms with Crippen LogP contribution in [0, 0.1) is 13.8 Å². The van der Waals surface area contributed by atoms with Gasteiger partial charge in [0.2, 0.25) is 0 Å². The normalized spacial score (nSPS) is 19.9. The average Bonchev–Trinajstić information content (AvgIpc) is 3.08. The van der Waals surface area contributed by atoms with Gasteiger partial charge < -0.3 is 9.42 Å². The van der Waals surface area contributed by atoms with E-state index in [1.54, 1.807) is 13.0 Å². The van der Waals surface area contributed by atoms with Gasteiger partial charge in [-0.1, -0.05) is 5.16 Å². The monoisotopic (exact) mass is 367 g/mol. The molecule has 0 unspecified atom stereocenters. The van der Waals surface area contributed by atoms with Gasteiger partial charge in [-0.05, 0) is 39.5 Å². The van der Waals surface area contributed by atoms with Crippen molar-refractivity contribution in [2.45, 2.75) is 51.5 Å². The molecule has 1 aliphatic heterocycles. The van der Waals surface area contributed by atoms with Crippen molar-refractivity contribution >= 4 is 11.6 Å². The molecule has 3 aromatic rings. The van der Waals surface area contributed by atoms with E-state index in [9.17, 15) is 9.59 Å². The number of aromatic nitrogens is 4. The summed E-state index contributed by atoms with van der Waals surface area (Å²) in [5, 5.41) is 7.13. The topological polar surface area (TPSA) is 96.5 Å². The Morgan fingerprint density at radius 1 is 1.26 bits per heavy atom. The van der Waals surface area contributed by atoms with Crippen molar-refractivity contribution in [1.82, 2.24) is 24.7 Å². The second kappa shape index (κ2) is 5.80. The summed E-state index contributed by atoms with van der Waals surface area (Å²) in [5.74, 6) is 1.10. The number of nitrogens with zero attached hydrogens (tertiary/aromatic N) is 4. The van der Waals surface area contributed by atoms with Gasteiger partial charge in [0.1, 0.15) is 5.76 Å². The van der Waals surface area contributed by atoms with E-state index in [-0.39, 0.29) is 17.5 Å². The molecule has 1 atom stereocenters. The van der Waals surface area contributed by atoms with Crippen LogP contribution in [0.15, 0.2) is 21.5 Å². The first kappa shape index (κ1) is 16.3. The summed E-state index contributed by atoms with van der Waals surface area (Å²) >= 11 is 0. The van der Waals surface area contributed by atoms with Crippen molar-refractivity contribution in [2.75, 3.05) is 6.54 Å². The Bertz CT molecular complexity index is 1100. The molecule has 0 spiro atoms. The lowest BCUT2D eigenvalue weighted by atomic mass is 10.1. The standard InChI is InChI=1S/C19H21N5O3/c1-10-11(2)20-17-9-13(21-24(17)18(10)25)15-4-3-7-23(15)19(26)14-8-16(27-22-14)12-5-6-12/h8-9,12,15,21H,3-7H2,1-2H3/t15-/m0/s1. The summed E-state index contributed by atoms with van der Waals surface area (Å²) in [6, 6.07) is 3.52. The summed E-state index contributed by atoms with van der Waals surface area (Å²) in [6.45, 7) is 4.26. The Balaban J connectivity index is 1.48. The van der Waals surface area contributed by atoms with Crippen LogP contribution >= 0.6 is 0 Å². The zero-order valence-electron chi connectivity index (χ0n) is 15.4. The third kappa shape index (κ3) is 2.58. The molecule has 8 heteroatoms. The van der Waals surface area contributed by atoms with Crippen molar-refractivity contribution in [1.29, 1.82) is 0 Å². The van der Waals surface area contributed by atoms with Crippen LogP contribution in [0.4, 0.5) is 0 Å². The Kier molecular flexibility index (Phi) is 3.50. The van der Waals surface area contributed by atoms with Crippen molar-refractivity contribution < 1.29 is 9.32 Å². The first-order valence-electron chi connectivity index (χ1n) is 9.39. The Morgan fingerprint density at radius 3 is 2.85 bits per heavy atom. The van der Waals surface area contributed by atoms with E-state index in [1.165, 1.54) is 4.52 Å². The molecule has 1 amide bonds. The highest BCUT2D eigenvalue weighted by Gasteiger charge is 2.35. The van der Waals surface area contributed by atoms with E-state index in [2.05, 4.69) is 15.2 Å². The molecule has 1 aliphatic carbocycles. The van der Waals surface area contributed by atoms with Crippen molar-refractivity contribution in [3.8, 4) is 0 Å². The summed E-state index contributed by atoms with van der Waals surface area (Å²) in [7, 11) is 0. The van der Waals surface area contributed by atoms with Crippen LogP contribution in [0.2, 0.25) is 0 Å². The molecule has 5 rings (SSSR count). The number of carbonyl (C=O) groups is 1. The number of carbonyl (C=O) groups excluding carboxylic acids is 1. The van der Waals surface area contributed by atoms with Crippen LogP contribution in [0.25, 0.3) is 5.65 Å². The summed E-state index contributed by atoms with van der Waals surface area (Å²) in [4.78, 5) is 31.8. The maximum atomic E-state index is 13.0. The lowest BCUT2D eigenvalue weighted by Gasteiger charge is -2.22. The first-order valence-corrected chi connectivity index (χ1v) is 9.39. The molecule has 27 heavy (non-hydrogen) atoms. The van der Waals surface area contributed by atoms with Crippen molar-refractivity contribution in [2.24, 2.45) is 0 Å². The molecular formula is C19H21N5O3. The SMILES string of the molecule is Cc1nc2cc([C@@H]3CCCN3C(=O)c3cc(C4CC4)on3)[nH]n2c(=O)c1C. The van der Waals surface area contributed by atoms with E-state index in [1.807, 2.05) is 17.9 Å². The quantitative estimate of drug-likeness (QED) is 0.767. The molecule has 2 aliphatic rings. The molecule has 1 N–H and O–H groups in total. The molecule has 8 nitrogen and oxygen atoms in total. The van der Waals surface area contributed by atoms with E-state index in [0.717, 1.165) is 42.8 Å². The minimum absolute atomic E-state index is 0.106. The number of aryl methyl sites for hydroxylation is 1. The Hall–Kier alpha value is -2.90. The minimum atomic E-state index is -0.125. The van der Waals surface area contributed by atoms with Crippen LogP contribution < -0.4 is 5.56 Å². The molecule has 4 heterocycles. The van der Waals surface area contributed by atoms with Crippen molar-refractivity contribution in [3.63, 3.8) is 0 Å². The number of amides is 1. The molecule has 2 fully saturated rings. The van der Waals surface area contributed by atoms with E-state index in [0.29, 0.717) is 29.4 Å². The number of rotatable bonds is 3. The maximum absolute atomic E-state index is 13.0. The third-order valence-electron chi connectivity index (χ3n) is 5.70. The fourth-order valence-electron chi connectivity index (χ4n) is 3.84. The number of hydrogen-bond donors (Lipinski definition) is 1. The molecule has 0 bridgehead atoms. The van der Waals surface area contributed by atoms with Crippen LogP contribution in [-0.2, 0) is 0 Å². The minimum Gasteiger partial charge on any atom is -0.360 e. The highest BCUT2D eigenvalue weighted by Crippen LogP contribution is 2.40. The zero-order chi connectivity index (χ0) is 18.7. The lowest BCUT2D eigenvalue weighted by molar-refractivity contribution is 0.0722. The maximum Gasteiger partial charge on any atom is 0.276 e. The van der Waals surface area contributed by atoms with Crippen molar-refractivity contribution in [3.05, 3.63) is 50.9 Å². The molecule has 3 aromatic heterocycles. The molecule has 1 saturated heterocycles. The van der Waals surface area contributed by atoms with Gasteiger partial charge in [0.15, 0.2) is 11.3 Å². The highest BCUT2D eigenvalue weighted by molar-refractivity contribution is 5.92. The number of H-pyrrole nitrogens is 1. The smallest absolute Gasteiger partial charge is 0.276 e. The fraction of sp³-hybridized carbons (Fsp3) is 0.474. The van der Waals surface area contributed by atoms with Gasteiger partial charge in [-0.15, -0.1) is 0 Å². The summed E-state index contributed by atoms with van der Waals surface area (Å²) in [5.41, 5.74) is 3.00. The number of hydrogen-bond acceptors (Lipinski definition) is 5. The van der Waals surface area contributed by atoms with Gasteiger partial charge in [-0.25, -0.2) is 9.50 Å². The fourth-order valence-corrected chi connectivity index (χ4v) is 3.84. The van der Waals surface area contributed by atoms with Gasteiger partial charge in [-0.2, -0.15) is 0 Å². The molecule has 0 radical (unpaired) electrons. The van der Waals surface area contributed by atoms with Gasteiger partial charge >= 0.3 is 0 Å². The predicted molar refractivity (Wildman–Crippen MR) is 96.8 cm³/mol. The van der Waals surface area contributed by atoms with Crippen LogP contribution in [-0.4, -0.2) is 37.1 Å². The molecular weight excluding hydrogens is 346 g/mol. The number of nitrogens with one attached hydrogen (secondary N) is 1. The van der Waals surface area contributed by atoms with Crippen LogP contribution in [0.3, 0.4) is 0 Å². The summed E-state index contributed by atoms with van der Waals surface area (Å²) < 4.78 is 6.80. The number of fused-ring (bicyclic) bond motifs is 1. The van der Waals surface area contributed by atoms with E-state index in [4.69, 9.17) is 4.52 Å².